The third kappa shape index (κ3) is 3.67. The van der Waals surface area contributed by atoms with E-state index in [4.69, 9.17) is 15.0 Å². The highest BCUT2D eigenvalue weighted by molar-refractivity contribution is 6.32. The standard InChI is InChI=1S/C39H24N4/c1-3-12-28(13-4-1)37-40-38(29-14-5-2-6-15-29)42-39(41-37)43-32-18-10-9-17-31(32)36-33(43)24-23-27-22-21-26-20-19-25-11-7-8-16-30(25)34(26)35(27)36/h1-24H. The molecule has 4 heteroatoms. The first-order valence-electron chi connectivity index (χ1n) is 14.5. The molecular weight excluding hydrogens is 524 g/mol. The van der Waals surface area contributed by atoms with E-state index in [0.717, 1.165) is 22.2 Å². The van der Waals surface area contributed by atoms with Crippen LogP contribution in [0.3, 0.4) is 0 Å². The highest BCUT2D eigenvalue weighted by atomic mass is 15.2. The molecule has 43 heavy (non-hydrogen) atoms. The Morgan fingerprint density at radius 1 is 0.349 bits per heavy atom. The number of para-hydroxylation sites is 1. The van der Waals surface area contributed by atoms with Gasteiger partial charge in [0.05, 0.1) is 11.0 Å². The highest BCUT2D eigenvalue weighted by Gasteiger charge is 2.20. The van der Waals surface area contributed by atoms with E-state index in [0.29, 0.717) is 17.6 Å². The van der Waals surface area contributed by atoms with Crippen LogP contribution in [0, 0.1) is 0 Å². The molecule has 200 valence electrons. The third-order valence-corrected chi connectivity index (χ3v) is 8.41. The van der Waals surface area contributed by atoms with Crippen molar-refractivity contribution in [2.24, 2.45) is 0 Å². The van der Waals surface area contributed by atoms with Gasteiger partial charge >= 0.3 is 0 Å². The first-order chi connectivity index (χ1) is 21.3. The first kappa shape index (κ1) is 23.8. The fourth-order valence-corrected chi connectivity index (χ4v) is 6.48. The Hall–Kier alpha value is -5.87. The normalized spacial score (nSPS) is 11.7. The second-order valence-corrected chi connectivity index (χ2v) is 10.9. The molecule has 4 nitrogen and oxygen atoms in total. The zero-order chi connectivity index (χ0) is 28.3. The van der Waals surface area contributed by atoms with Crippen LogP contribution in [-0.2, 0) is 0 Å². The quantitative estimate of drug-likeness (QED) is 0.206. The molecule has 0 saturated heterocycles. The fraction of sp³-hybridized carbons (Fsp3) is 0. The van der Waals surface area contributed by atoms with Gasteiger partial charge in [0.1, 0.15) is 0 Å². The molecule has 9 rings (SSSR count). The van der Waals surface area contributed by atoms with E-state index in [-0.39, 0.29) is 0 Å². The average Bonchev–Trinajstić information content (AvgIpc) is 3.43. The number of aromatic nitrogens is 4. The van der Waals surface area contributed by atoms with Crippen LogP contribution in [0.2, 0.25) is 0 Å². The van der Waals surface area contributed by atoms with Crippen LogP contribution in [0.25, 0.3) is 82.8 Å². The zero-order valence-electron chi connectivity index (χ0n) is 23.1. The summed E-state index contributed by atoms with van der Waals surface area (Å²) in [6.07, 6.45) is 0. The van der Waals surface area contributed by atoms with Gasteiger partial charge in [0.25, 0.3) is 0 Å². The van der Waals surface area contributed by atoms with E-state index in [1.807, 2.05) is 60.7 Å². The molecule has 0 unspecified atom stereocenters. The maximum atomic E-state index is 5.10. The summed E-state index contributed by atoms with van der Waals surface area (Å²) in [7, 11) is 0. The number of hydrogen-bond donors (Lipinski definition) is 0. The van der Waals surface area contributed by atoms with Gasteiger partial charge in [-0.25, -0.2) is 4.98 Å². The van der Waals surface area contributed by atoms with Crippen LogP contribution in [0.15, 0.2) is 146 Å². The van der Waals surface area contributed by atoms with E-state index in [9.17, 15) is 0 Å². The summed E-state index contributed by atoms with van der Waals surface area (Å²) in [6, 6.07) is 50.9. The topological polar surface area (TPSA) is 43.6 Å². The molecule has 0 amide bonds. The number of rotatable bonds is 3. The summed E-state index contributed by atoms with van der Waals surface area (Å²) in [4.78, 5) is 15.1. The van der Waals surface area contributed by atoms with Gasteiger partial charge in [-0.2, -0.15) is 9.97 Å². The molecule has 0 aliphatic carbocycles. The molecule has 0 saturated carbocycles. The Morgan fingerprint density at radius 3 is 1.58 bits per heavy atom. The third-order valence-electron chi connectivity index (χ3n) is 8.41. The van der Waals surface area contributed by atoms with Crippen molar-refractivity contribution >= 4 is 54.1 Å². The van der Waals surface area contributed by atoms with Gasteiger partial charge in [-0.1, -0.05) is 133 Å². The van der Waals surface area contributed by atoms with Crippen molar-refractivity contribution < 1.29 is 0 Å². The minimum atomic E-state index is 0.600. The predicted octanol–water partition coefficient (Wildman–Crippen LogP) is 9.76. The van der Waals surface area contributed by atoms with Gasteiger partial charge in [0.2, 0.25) is 5.95 Å². The summed E-state index contributed by atoms with van der Waals surface area (Å²) in [5.74, 6) is 1.89. The predicted molar refractivity (Wildman–Crippen MR) is 178 cm³/mol. The van der Waals surface area contributed by atoms with Gasteiger partial charge in [0, 0.05) is 27.3 Å². The van der Waals surface area contributed by atoms with Crippen molar-refractivity contribution in [1.82, 2.24) is 19.5 Å². The smallest absolute Gasteiger partial charge is 0.238 e. The fourth-order valence-electron chi connectivity index (χ4n) is 6.48. The molecular formula is C39H24N4. The summed E-state index contributed by atoms with van der Waals surface area (Å²) in [5, 5.41) is 9.84. The van der Waals surface area contributed by atoms with E-state index in [1.54, 1.807) is 0 Å². The summed E-state index contributed by atoms with van der Waals surface area (Å²) in [5.41, 5.74) is 4.03. The van der Waals surface area contributed by atoms with Crippen molar-refractivity contribution in [3.05, 3.63) is 146 Å². The number of fused-ring (bicyclic) bond motifs is 9. The van der Waals surface area contributed by atoms with Crippen LogP contribution >= 0.6 is 0 Å². The average molecular weight is 549 g/mol. The first-order valence-corrected chi connectivity index (χ1v) is 14.5. The van der Waals surface area contributed by atoms with Gasteiger partial charge in [-0.05, 0) is 39.1 Å². The molecule has 0 aliphatic rings. The van der Waals surface area contributed by atoms with Crippen molar-refractivity contribution in [3.8, 4) is 28.7 Å². The number of nitrogens with zero attached hydrogens (tertiary/aromatic N) is 4. The van der Waals surface area contributed by atoms with Gasteiger partial charge in [-0.3, -0.25) is 4.57 Å². The second kappa shape index (κ2) is 9.33. The van der Waals surface area contributed by atoms with Gasteiger partial charge in [-0.15, -0.1) is 0 Å². The Labute approximate surface area is 247 Å². The van der Waals surface area contributed by atoms with E-state index >= 15 is 0 Å². The van der Waals surface area contributed by atoms with Crippen LogP contribution in [0.5, 0.6) is 0 Å². The Balaban J connectivity index is 1.44. The number of hydrogen-bond acceptors (Lipinski definition) is 3. The summed E-state index contributed by atoms with van der Waals surface area (Å²) >= 11 is 0. The molecule has 0 radical (unpaired) electrons. The van der Waals surface area contributed by atoms with E-state index < -0.39 is 0 Å². The van der Waals surface area contributed by atoms with Crippen LogP contribution < -0.4 is 0 Å². The van der Waals surface area contributed by atoms with Crippen LogP contribution in [0.4, 0.5) is 0 Å². The largest absolute Gasteiger partial charge is 0.278 e. The molecule has 2 heterocycles. The summed E-state index contributed by atoms with van der Waals surface area (Å²) in [6.45, 7) is 0. The molecule has 7 aromatic carbocycles. The van der Waals surface area contributed by atoms with Crippen molar-refractivity contribution in [2.45, 2.75) is 0 Å². The van der Waals surface area contributed by atoms with E-state index in [2.05, 4.69) is 89.5 Å². The van der Waals surface area contributed by atoms with E-state index in [1.165, 1.54) is 43.1 Å². The lowest BCUT2D eigenvalue weighted by atomic mass is 9.94. The highest BCUT2D eigenvalue weighted by Crippen LogP contribution is 2.41. The van der Waals surface area contributed by atoms with Gasteiger partial charge < -0.3 is 0 Å². The Bertz CT molecular complexity index is 2430. The lowest BCUT2D eigenvalue weighted by Gasteiger charge is -2.12. The molecule has 0 fully saturated rings. The second-order valence-electron chi connectivity index (χ2n) is 10.9. The molecule has 9 aromatic rings. The number of benzene rings is 7. The van der Waals surface area contributed by atoms with Gasteiger partial charge in [0.15, 0.2) is 11.6 Å². The molecule has 0 spiro atoms. The Kier molecular flexibility index (Phi) is 5.16. The van der Waals surface area contributed by atoms with Crippen molar-refractivity contribution in [2.75, 3.05) is 0 Å². The maximum Gasteiger partial charge on any atom is 0.238 e. The molecule has 0 N–H and O–H groups in total. The zero-order valence-corrected chi connectivity index (χ0v) is 23.1. The molecule has 0 atom stereocenters. The SMILES string of the molecule is c1ccc(-c2nc(-c3ccccc3)nc(-n3c4ccccc4c4c5c(ccc6ccc7ccccc7c65)ccc43)n2)cc1. The molecule has 0 aliphatic heterocycles. The minimum Gasteiger partial charge on any atom is -0.278 e. The minimum absolute atomic E-state index is 0.600. The lowest BCUT2D eigenvalue weighted by Crippen LogP contribution is -2.06. The monoisotopic (exact) mass is 548 g/mol. The Morgan fingerprint density at radius 2 is 0.884 bits per heavy atom. The maximum absolute atomic E-state index is 5.10. The molecule has 2 aromatic heterocycles. The van der Waals surface area contributed by atoms with Crippen molar-refractivity contribution in [3.63, 3.8) is 0 Å². The molecule has 0 bridgehead atoms. The lowest BCUT2D eigenvalue weighted by molar-refractivity contribution is 0.953. The van der Waals surface area contributed by atoms with Crippen LogP contribution in [0.1, 0.15) is 0 Å². The summed E-state index contributed by atoms with van der Waals surface area (Å²) < 4.78 is 2.20. The van der Waals surface area contributed by atoms with Crippen molar-refractivity contribution in [1.29, 1.82) is 0 Å². The van der Waals surface area contributed by atoms with Crippen LogP contribution in [-0.4, -0.2) is 19.5 Å².